The summed E-state index contributed by atoms with van der Waals surface area (Å²) >= 11 is 1.54. The standard InChI is InChI=1S/C19H15N3O2S/c1-13-5-4-10-22-11-14(20-19(13)22)12-24-18(23)9-8-17-21-15-6-2-3-7-16(15)25-17/h2-11H,12H2,1H3/b9-8+. The minimum atomic E-state index is -0.409. The van der Waals surface area contributed by atoms with Gasteiger partial charge in [0.05, 0.1) is 15.9 Å². The van der Waals surface area contributed by atoms with Crippen molar-refractivity contribution in [2.45, 2.75) is 13.5 Å². The minimum absolute atomic E-state index is 0.143. The van der Waals surface area contributed by atoms with Crippen molar-refractivity contribution in [2.75, 3.05) is 0 Å². The lowest BCUT2D eigenvalue weighted by Gasteiger charge is -1.97. The minimum Gasteiger partial charge on any atom is -0.456 e. The molecule has 0 aliphatic heterocycles. The summed E-state index contributed by atoms with van der Waals surface area (Å²) in [5, 5.41) is 0.779. The van der Waals surface area contributed by atoms with Gasteiger partial charge in [0.25, 0.3) is 0 Å². The topological polar surface area (TPSA) is 56.5 Å². The predicted molar refractivity (Wildman–Crippen MR) is 98.4 cm³/mol. The second-order valence-corrected chi connectivity index (χ2v) is 6.68. The van der Waals surface area contributed by atoms with Crippen LogP contribution in [0.5, 0.6) is 0 Å². The molecular formula is C19H15N3O2S. The number of hydrogen-bond donors (Lipinski definition) is 0. The van der Waals surface area contributed by atoms with Crippen molar-refractivity contribution >= 4 is 39.2 Å². The third-order valence-corrected chi connectivity index (χ3v) is 4.76. The van der Waals surface area contributed by atoms with Crippen LogP contribution < -0.4 is 0 Å². The van der Waals surface area contributed by atoms with E-state index in [-0.39, 0.29) is 6.61 Å². The predicted octanol–water partition coefficient (Wildman–Crippen LogP) is 4.01. The number of aryl methyl sites for hydroxylation is 1. The number of benzene rings is 1. The first-order valence-corrected chi connectivity index (χ1v) is 8.64. The smallest absolute Gasteiger partial charge is 0.331 e. The summed E-state index contributed by atoms with van der Waals surface area (Å²) in [7, 11) is 0. The Bertz CT molecular complexity index is 1060. The first-order valence-electron chi connectivity index (χ1n) is 7.83. The zero-order chi connectivity index (χ0) is 17.2. The Morgan fingerprint density at radius 2 is 2.12 bits per heavy atom. The molecule has 0 aliphatic rings. The molecule has 4 aromatic rings. The number of para-hydroxylation sites is 1. The van der Waals surface area contributed by atoms with Gasteiger partial charge in [-0.3, -0.25) is 0 Å². The Balaban J connectivity index is 1.42. The number of fused-ring (bicyclic) bond motifs is 2. The Morgan fingerprint density at radius 1 is 1.24 bits per heavy atom. The summed E-state index contributed by atoms with van der Waals surface area (Å²) in [4.78, 5) is 20.9. The molecule has 124 valence electrons. The van der Waals surface area contributed by atoms with Gasteiger partial charge in [-0.05, 0) is 36.8 Å². The molecule has 4 rings (SSSR count). The van der Waals surface area contributed by atoms with Gasteiger partial charge in [-0.25, -0.2) is 14.8 Å². The molecule has 0 spiro atoms. The number of pyridine rings is 1. The fraction of sp³-hybridized carbons (Fsp3) is 0.105. The molecule has 0 atom stereocenters. The Labute approximate surface area is 148 Å². The number of ether oxygens (including phenoxy) is 1. The van der Waals surface area contributed by atoms with Crippen molar-refractivity contribution in [3.8, 4) is 0 Å². The maximum atomic E-state index is 11.9. The molecule has 0 fully saturated rings. The molecule has 1 aromatic carbocycles. The number of imidazole rings is 1. The summed E-state index contributed by atoms with van der Waals surface area (Å²) in [5.41, 5.74) is 3.60. The van der Waals surface area contributed by atoms with E-state index in [1.54, 1.807) is 6.08 Å². The van der Waals surface area contributed by atoms with Crippen LogP contribution in [0.15, 0.2) is 54.9 Å². The molecule has 3 heterocycles. The molecule has 0 N–H and O–H groups in total. The summed E-state index contributed by atoms with van der Waals surface area (Å²) in [6.45, 7) is 2.14. The normalized spacial score (nSPS) is 11.6. The lowest BCUT2D eigenvalue weighted by Crippen LogP contribution is -2.00. The van der Waals surface area contributed by atoms with E-state index in [0.29, 0.717) is 0 Å². The average molecular weight is 349 g/mol. The van der Waals surface area contributed by atoms with Gasteiger partial charge in [-0.1, -0.05) is 18.2 Å². The number of aromatic nitrogens is 3. The third-order valence-electron chi connectivity index (χ3n) is 3.76. The van der Waals surface area contributed by atoms with Gasteiger partial charge in [0, 0.05) is 18.5 Å². The monoisotopic (exact) mass is 349 g/mol. The second kappa shape index (κ2) is 6.49. The number of esters is 1. The highest BCUT2D eigenvalue weighted by Crippen LogP contribution is 2.22. The van der Waals surface area contributed by atoms with Crippen LogP contribution >= 0.6 is 11.3 Å². The van der Waals surface area contributed by atoms with Gasteiger partial charge in [-0.15, -0.1) is 11.3 Å². The fourth-order valence-corrected chi connectivity index (χ4v) is 3.44. The van der Waals surface area contributed by atoms with Gasteiger partial charge < -0.3 is 9.14 Å². The third kappa shape index (κ3) is 3.29. The van der Waals surface area contributed by atoms with Crippen LogP contribution in [0.4, 0.5) is 0 Å². The van der Waals surface area contributed by atoms with Crippen molar-refractivity contribution in [1.29, 1.82) is 0 Å². The van der Waals surface area contributed by atoms with Gasteiger partial charge in [0.2, 0.25) is 0 Å². The van der Waals surface area contributed by atoms with Gasteiger partial charge in [-0.2, -0.15) is 0 Å². The quantitative estimate of drug-likeness (QED) is 0.413. The SMILES string of the molecule is Cc1cccn2cc(COC(=O)/C=C/c3nc4ccccc4s3)nc12. The second-order valence-electron chi connectivity index (χ2n) is 5.62. The van der Waals surface area contributed by atoms with Crippen molar-refractivity contribution < 1.29 is 9.53 Å². The van der Waals surface area contributed by atoms with Crippen molar-refractivity contribution in [2.24, 2.45) is 0 Å². The fourth-order valence-electron chi connectivity index (χ4n) is 2.57. The van der Waals surface area contributed by atoms with Crippen LogP contribution in [0.2, 0.25) is 0 Å². The molecule has 0 aliphatic carbocycles. The van der Waals surface area contributed by atoms with Crippen LogP contribution in [-0.4, -0.2) is 20.3 Å². The highest BCUT2D eigenvalue weighted by molar-refractivity contribution is 7.19. The largest absolute Gasteiger partial charge is 0.456 e. The Kier molecular flexibility index (Phi) is 4.03. The van der Waals surface area contributed by atoms with Crippen molar-refractivity contribution in [3.05, 3.63) is 71.1 Å². The van der Waals surface area contributed by atoms with Gasteiger partial charge in [0.1, 0.15) is 17.3 Å². The summed E-state index contributed by atoms with van der Waals surface area (Å²) in [6.07, 6.45) is 6.88. The number of carbonyl (C=O) groups is 1. The van der Waals surface area contributed by atoms with Crippen molar-refractivity contribution in [1.82, 2.24) is 14.4 Å². The van der Waals surface area contributed by atoms with Crippen LogP contribution in [0, 0.1) is 6.92 Å². The number of rotatable bonds is 4. The lowest BCUT2D eigenvalue weighted by atomic mass is 10.3. The molecule has 0 radical (unpaired) electrons. The zero-order valence-electron chi connectivity index (χ0n) is 13.5. The molecule has 0 bridgehead atoms. The molecular weight excluding hydrogens is 334 g/mol. The van der Waals surface area contributed by atoms with Crippen LogP contribution in [0.1, 0.15) is 16.3 Å². The molecule has 0 saturated carbocycles. The number of carbonyl (C=O) groups excluding carboxylic acids is 1. The highest BCUT2D eigenvalue weighted by atomic mass is 32.1. The molecule has 6 heteroatoms. The Hall–Kier alpha value is -2.99. The summed E-state index contributed by atoms with van der Waals surface area (Å²) in [6, 6.07) is 11.8. The summed E-state index contributed by atoms with van der Waals surface area (Å²) in [5.74, 6) is -0.409. The molecule has 3 aromatic heterocycles. The molecule has 25 heavy (non-hydrogen) atoms. The molecule has 0 amide bonds. The van der Waals surface area contributed by atoms with E-state index in [2.05, 4.69) is 9.97 Å². The number of nitrogens with zero attached hydrogens (tertiary/aromatic N) is 3. The van der Waals surface area contributed by atoms with Crippen LogP contribution in [0.3, 0.4) is 0 Å². The maximum Gasteiger partial charge on any atom is 0.331 e. The Morgan fingerprint density at radius 3 is 2.96 bits per heavy atom. The van der Waals surface area contributed by atoms with Crippen LogP contribution in [0.25, 0.3) is 21.9 Å². The van der Waals surface area contributed by atoms with E-state index < -0.39 is 5.97 Å². The number of hydrogen-bond acceptors (Lipinski definition) is 5. The molecule has 5 nitrogen and oxygen atoms in total. The molecule has 0 saturated heterocycles. The maximum absolute atomic E-state index is 11.9. The van der Waals surface area contributed by atoms with E-state index in [1.165, 1.54) is 17.4 Å². The van der Waals surface area contributed by atoms with Crippen molar-refractivity contribution in [3.63, 3.8) is 0 Å². The van der Waals surface area contributed by atoms with Gasteiger partial charge >= 0.3 is 5.97 Å². The number of thiazole rings is 1. The zero-order valence-corrected chi connectivity index (χ0v) is 14.4. The average Bonchev–Trinajstić information content (AvgIpc) is 3.22. The van der Waals surface area contributed by atoms with E-state index in [0.717, 1.165) is 32.1 Å². The van der Waals surface area contributed by atoms with Crippen LogP contribution in [-0.2, 0) is 16.1 Å². The first kappa shape index (κ1) is 15.5. The lowest BCUT2D eigenvalue weighted by molar-refractivity contribution is -0.139. The first-order chi connectivity index (χ1) is 12.2. The summed E-state index contributed by atoms with van der Waals surface area (Å²) < 4.78 is 8.29. The van der Waals surface area contributed by atoms with E-state index in [4.69, 9.17) is 4.74 Å². The highest BCUT2D eigenvalue weighted by Gasteiger charge is 2.06. The van der Waals surface area contributed by atoms with E-state index in [1.807, 2.05) is 60.1 Å². The van der Waals surface area contributed by atoms with E-state index in [9.17, 15) is 4.79 Å². The van der Waals surface area contributed by atoms with Gasteiger partial charge in [0.15, 0.2) is 0 Å². The molecule has 0 unspecified atom stereocenters. The van der Waals surface area contributed by atoms with E-state index >= 15 is 0 Å².